The number of benzene rings is 2. The number of rotatable bonds is 7. The lowest BCUT2D eigenvalue weighted by Crippen LogP contribution is -2.27. The first-order chi connectivity index (χ1) is 14.2. The van der Waals surface area contributed by atoms with Crippen LogP contribution in [-0.2, 0) is 12.8 Å². The van der Waals surface area contributed by atoms with E-state index >= 15 is 0 Å². The Morgan fingerprint density at radius 1 is 0.933 bits per heavy atom. The number of fused-ring (bicyclic) bond motifs is 1. The average molecular weight is 411 g/mol. The second kappa shape index (κ2) is 9.11. The minimum atomic E-state index is -0.454. The van der Waals surface area contributed by atoms with E-state index < -0.39 is 5.92 Å². The average Bonchev–Trinajstić information content (AvgIpc) is 2.68. The van der Waals surface area contributed by atoms with Crippen molar-refractivity contribution in [3.8, 4) is 17.2 Å². The van der Waals surface area contributed by atoms with E-state index in [0.717, 1.165) is 24.0 Å². The van der Waals surface area contributed by atoms with Gasteiger partial charge in [0.05, 0.1) is 5.92 Å². The van der Waals surface area contributed by atoms with Crippen molar-refractivity contribution in [2.75, 3.05) is 6.61 Å². The van der Waals surface area contributed by atoms with E-state index in [4.69, 9.17) is 4.74 Å². The van der Waals surface area contributed by atoms with Crippen LogP contribution in [0.2, 0.25) is 0 Å². The summed E-state index contributed by atoms with van der Waals surface area (Å²) in [6.45, 7) is 10.7. The number of Topliss-reactive ketones (excluding diaryl/α,β-unsaturated/α-hetero) is 1. The summed E-state index contributed by atoms with van der Waals surface area (Å²) in [5.41, 5.74) is 3.38. The highest BCUT2D eigenvalue weighted by molar-refractivity contribution is 6.07. The second-order valence-corrected chi connectivity index (χ2v) is 9.36. The summed E-state index contributed by atoms with van der Waals surface area (Å²) in [6, 6.07) is 7.86. The largest absolute Gasteiger partial charge is 0.507 e. The van der Waals surface area contributed by atoms with Crippen LogP contribution in [0.4, 0.5) is 0 Å². The van der Waals surface area contributed by atoms with Crippen LogP contribution in [0.5, 0.6) is 17.2 Å². The van der Waals surface area contributed by atoms with Gasteiger partial charge < -0.3 is 14.9 Å². The number of ketones is 1. The maximum absolute atomic E-state index is 13.5. The molecule has 0 saturated carbocycles. The molecule has 2 aromatic rings. The first-order valence-corrected chi connectivity index (χ1v) is 11.0. The van der Waals surface area contributed by atoms with E-state index in [1.54, 1.807) is 0 Å². The Kier molecular flexibility index (Phi) is 6.74. The highest BCUT2D eigenvalue weighted by atomic mass is 16.5. The number of hydrogen-bond donors (Lipinski definition) is 2. The molecule has 0 saturated heterocycles. The first kappa shape index (κ1) is 22.2. The fourth-order valence-electron chi connectivity index (χ4n) is 4.00. The molecule has 0 aromatic heterocycles. The van der Waals surface area contributed by atoms with Crippen LogP contribution >= 0.6 is 0 Å². The van der Waals surface area contributed by atoms with E-state index in [1.807, 2.05) is 31.2 Å². The number of carbonyl (C=O) groups is 1. The second-order valence-electron chi connectivity index (χ2n) is 9.36. The Morgan fingerprint density at radius 2 is 1.50 bits per heavy atom. The van der Waals surface area contributed by atoms with Gasteiger partial charge in [0, 0.05) is 11.1 Å². The molecule has 162 valence electrons. The quantitative estimate of drug-likeness (QED) is 0.592. The van der Waals surface area contributed by atoms with E-state index in [1.165, 1.54) is 0 Å². The van der Waals surface area contributed by atoms with E-state index in [-0.39, 0.29) is 29.5 Å². The predicted molar refractivity (Wildman–Crippen MR) is 120 cm³/mol. The molecule has 3 rings (SSSR count). The Balaban J connectivity index is 2.09. The maximum atomic E-state index is 13.5. The number of aromatic hydroxyl groups is 2. The van der Waals surface area contributed by atoms with Crippen LogP contribution < -0.4 is 4.74 Å². The summed E-state index contributed by atoms with van der Waals surface area (Å²) in [4.78, 5) is 13.5. The van der Waals surface area contributed by atoms with E-state index in [9.17, 15) is 15.0 Å². The number of ether oxygens (including phenoxy) is 1. The fraction of sp³-hybridized carbons (Fsp3) is 0.500. The minimum Gasteiger partial charge on any atom is -0.507 e. The monoisotopic (exact) mass is 410 g/mol. The lowest BCUT2D eigenvalue weighted by Gasteiger charge is -2.29. The van der Waals surface area contributed by atoms with Crippen molar-refractivity contribution in [2.24, 2.45) is 11.8 Å². The zero-order valence-electron chi connectivity index (χ0n) is 18.8. The SMILES string of the molecule is Cc1ccc(C2COc3c(CCC(C)C)c(O)c(CCC(C)C)c(O)c3C2=O)cc1. The smallest absolute Gasteiger partial charge is 0.181 e. The lowest BCUT2D eigenvalue weighted by molar-refractivity contribution is 0.0890. The Labute approximate surface area is 179 Å². The maximum Gasteiger partial charge on any atom is 0.181 e. The summed E-state index contributed by atoms with van der Waals surface area (Å²) >= 11 is 0. The van der Waals surface area contributed by atoms with Crippen molar-refractivity contribution in [1.82, 2.24) is 0 Å². The predicted octanol–water partition coefficient (Wildman–Crippen LogP) is 5.94. The van der Waals surface area contributed by atoms with Crippen molar-refractivity contribution >= 4 is 5.78 Å². The summed E-state index contributed by atoms with van der Waals surface area (Å²) in [5, 5.41) is 22.0. The molecule has 0 bridgehead atoms. The molecule has 1 heterocycles. The van der Waals surface area contributed by atoms with Crippen molar-refractivity contribution in [3.63, 3.8) is 0 Å². The van der Waals surface area contributed by atoms with E-state index in [2.05, 4.69) is 27.7 Å². The van der Waals surface area contributed by atoms with Crippen LogP contribution in [0.1, 0.15) is 79.1 Å². The molecule has 0 fully saturated rings. The molecule has 1 atom stereocenters. The zero-order valence-corrected chi connectivity index (χ0v) is 18.8. The molecule has 2 N–H and O–H groups in total. The third-order valence-corrected chi connectivity index (χ3v) is 5.98. The molecule has 2 aromatic carbocycles. The van der Waals surface area contributed by atoms with Crippen molar-refractivity contribution in [2.45, 2.75) is 66.2 Å². The molecule has 30 heavy (non-hydrogen) atoms. The molecule has 0 amide bonds. The van der Waals surface area contributed by atoms with Crippen LogP contribution in [0.25, 0.3) is 0 Å². The van der Waals surface area contributed by atoms with Crippen molar-refractivity contribution in [3.05, 3.63) is 52.1 Å². The third-order valence-electron chi connectivity index (χ3n) is 5.98. The molecule has 4 heteroatoms. The van der Waals surface area contributed by atoms with Crippen LogP contribution in [0, 0.1) is 18.8 Å². The van der Waals surface area contributed by atoms with E-state index in [0.29, 0.717) is 41.6 Å². The van der Waals surface area contributed by atoms with Crippen molar-refractivity contribution < 1.29 is 19.7 Å². The summed E-state index contributed by atoms with van der Waals surface area (Å²) < 4.78 is 6.06. The topological polar surface area (TPSA) is 66.8 Å². The molecule has 1 aliphatic rings. The highest BCUT2D eigenvalue weighted by Crippen LogP contribution is 2.48. The summed E-state index contributed by atoms with van der Waals surface area (Å²) in [6.07, 6.45) is 2.83. The molecule has 0 aliphatic carbocycles. The molecule has 0 radical (unpaired) electrons. The Bertz CT molecular complexity index is 910. The van der Waals surface area contributed by atoms with Gasteiger partial charge in [-0.05, 0) is 50.0 Å². The molecule has 1 aliphatic heterocycles. The van der Waals surface area contributed by atoms with Gasteiger partial charge in [0.25, 0.3) is 0 Å². The van der Waals surface area contributed by atoms with Gasteiger partial charge in [-0.2, -0.15) is 0 Å². The van der Waals surface area contributed by atoms with Crippen LogP contribution in [0.3, 0.4) is 0 Å². The number of aryl methyl sites for hydroxylation is 1. The third kappa shape index (κ3) is 4.48. The summed E-state index contributed by atoms with van der Waals surface area (Å²) in [5.74, 6) is 0.636. The first-order valence-electron chi connectivity index (χ1n) is 11.0. The van der Waals surface area contributed by atoms with Gasteiger partial charge in [0.2, 0.25) is 0 Å². The normalized spacial score (nSPS) is 16.1. The minimum absolute atomic E-state index is 0.0918. The highest BCUT2D eigenvalue weighted by Gasteiger charge is 2.37. The van der Waals surface area contributed by atoms with Gasteiger partial charge in [0.1, 0.15) is 29.4 Å². The molecule has 0 spiro atoms. The Morgan fingerprint density at radius 3 is 2.07 bits per heavy atom. The van der Waals surface area contributed by atoms with Gasteiger partial charge in [0.15, 0.2) is 5.78 Å². The van der Waals surface area contributed by atoms with Gasteiger partial charge >= 0.3 is 0 Å². The van der Waals surface area contributed by atoms with Gasteiger partial charge in [-0.15, -0.1) is 0 Å². The molecular weight excluding hydrogens is 376 g/mol. The summed E-state index contributed by atoms with van der Waals surface area (Å²) in [7, 11) is 0. The fourth-order valence-corrected chi connectivity index (χ4v) is 4.00. The zero-order chi connectivity index (χ0) is 22.0. The molecular formula is C26H34O4. The van der Waals surface area contributed by atoms with Crippen LogP contribution in [-0.4, -0.2) is 22.6 Å². The number of hydrogen-bond acceptors (Lipinski definition) is 4. The van der Waals surface area contributed by atoms with Gasteiger partial charge in [-0.25, -0.2) is 0 Å². The lowest BCUT2D eigenvalue weighted by atomic mass is 9.84. The number of carbonyl (C=O) groups excluding carboxylic acids is 1. The standard InChI is InChI=1S/C26H34O4/c1-15(2)6-12-19-23(27)20(13-7-16(3)4)26-22(24(19)28)25(29)21(14-30-26)18-10-8-17(5)9-11-18/h8-11,15-16,21,27-28H,6-7,12-14H2,1-5H3. The molecule has 4 nitrogen and oxygen atoms in total. The van der Waals surface area contributed by atoms with Crippen molar-refractivity contribution in [1.29, 1.82) is 0 Å². The van der Waals surface area contributed by atoms with Gasteiger partial charge in [-0.1, -0.05) is 57.5 Å². The van der Waals surface area contributed by atoms with Crippen LogP contribution in [0.15, 0.2) is 24.3 Å². The number of phenols is 2. The Hall–Kier alpha value is -2.49. The van der Waals surface area contributed by atoms with Gasteiger partial charge in [-0.3, -0.25) is 4.79 Å². The molecule has 1 unspecified atom stereocenters. The number of phenolic OH excluding ortho intramolecular Hbond substituents is 2.